The summed E-state index contributed by atoms with van der Waals surface area (Å²) < 4.78 is 42.7. The summed E-state index contributed by atoms with van der Waals surface area (Å²) in [6.45, 7) is 2.86. The molecule has 1 aromatic rings. The highest BCUT2D eigenvalue weighted by Crippen LogP contribution is 2.38. The number of benzene rings is 1. The second kappa shape index (κ2) is 9.27. The molecular weight excluding hydrogens is 349 g/mol. The van der Waals surface area contributed by atoms with Gasteiger partial charge in [0, 0.05) is 12.7 Å². The van der Waals surface area contributed by atoms with Crippen molar-refractivity contribution in [2.75, 3.05) is 6.61 Å². The molecule has 1 nitrogen and oxygen atoms in total. The summed E-state index contributed by atoms with van der Waals surface area (Å²) in [6, 6.07) is 9.05. The van der Waals surface area contributed by atoms with E-state index >= 15 is 0 Å². The smallest absolute Gasteiger partial charge is 0.379 e. The number of halogens is 3. The van der Waals surface area contributed by atoms with E-state index in [1.165, 1.54) is 30.0 Å². The van der Waals surface area contributed by atoms with Crippen LogP contribution in [0.3, 0.4) is 0 Å². The van der Waals surface area contributed by atoms with Gasteiger partial charge in [-0.2, -0.15) is 13.2 Å². The van der Waals surface area contributed by atoms with Crippen LogP contribution in [-0.2, 0) is 4.74 Å². The zero-order valence-corrected chi connectivity index (χ0v) is 16.2. The highest BCUT2D eigenvalue weighted by Gasteiger charge is 2.26. The number of ether oxygens (including phenoxy) is 1. The molecule has 4 heteroatoms. The second-order valence-corrected chi connectivity index (χ2v) is 8.11. The maximum absolute atomic E-state index is 12.3. The van der Waals surface area contributed by atoms with Gasteiger partial charge < -0.3 is 4.74 Å². The van der Waals surface area contributed by atoms with E-state index in [1.54, 1.807) is 0 Å². The minimum atomic E-state index is -4.19. The van der Waals surface area contributed by atoms with Crippen molar-refractivity contribution >= 4 is 0 Å². The molecule has 0 N–H and O–H groups in total. The van der Waals surface area contributed by atoms with Crippen LogP contribution < -0.4 is 0 Å². The average molecular weight is 380 g/mol. The van der Waals surface area contributed by atoms with Crippen LogP contribution in [0.1, 0.15) is 81.3 Å². The summed E-state index contributed by atoms with van der Waals surface area (Å²) in [6.07, 6.45) is 6.36. The van der Waals surface area contributed by atoms with Gasteiger partial charge >= 0.3 is 6.18 Å². The molecule has 0 saturated heterocycles. The van der Waals surface area contributed by atoms with Gasteiger partial charge in [-0.15, -0.1) is 0 Å². The summed E-state index contributed by atoms with van der Waals surface area (Å²) in [5.41, 5.74) is 2.77. The lowest BCUT2D eigenvalue weighted by atomic mass is 9.77. The van der Waals surface area contributed by atoms with Crippen LogP contribution in [0.5, 0.6) is 0 Å². The zero-order valence-electron chi connectivity index (χ0n) is 16.2. The van der Waals surface area contributed by atoms with Crippen LogP contribution in [0.4, 0.5) is 13.2 Å². The lowest BCUT2D eigenvalue weighted by Gasteiger charge is -2.29. The fourth-order valence-electron chi connectivity index (χ4n) is 4.73. The molecule has 0 atom stereocenters. The quantitative estimate of drug-likeness (QED) is 0.493. The van der Waals surface area contributed by atoms with Crippen molar-refractivity contribution in [2.24, 2.45) is 5.92 Å². The number of rotatable bonds is 5. The first-order valence-corrected chi connectivity index (χ1v) is 10.4. The molecule has 0 heterocycles. The third-order valence-electron chi connectivity index (χ3n) is 6.29. The van der Waals surface area contributed by atoms with E-state index in [4.69, 9.17) is 4.74 Å². The summed E-state index contributed by atoms with van der Waals surface area (Å²) in [4.78, 5) is 0. The molecule has 0 aliphatic heterocycles. The molecule has 27 heavy (non-hydrogen) atoms. The van der Waals surface area contributed by atoms with E-state index in [0.717, 1.165) is 45.1 Å². The third kappa shape index (κ3) is 6.10. The Labute approximate surface area is 161 Å². The predicted molar refractivity (Wildman–Crippen MR) is 103 cm³/mol. The predicted octanol–water partition coefficient (Wildman–Crippen LogP) is 7.14. The molecule has 3 rings (SSSR count). The Hall–Kier alpha value is -1.29. The molecule has 2 aliphatic rings. The molecular formula is C23H31F3O. The summed E-state index contributed by atoms with van der Waals surface area (Å²) in [7, 11) is 0. The Balaban J connectivity index is 1.49. The minimum Gasteiger partial charge on any atom is -0.379 e. The molecule has 2 saturated carbocycles. The molecule has 0 unspecified atom stereocenters. The first kappa shape index (κ1) is 20.4. The Morgan fingerprint density at radius 1 is 0.852 bits per heavy atom. The van der Waals surface area contributed by atoms with E-state index in [1.807, 2.05) is 0 Å². The zero-order chi connectivity index (χ0) is 19.3. The van der Waals surface area contributed by atoms with Crippen LogP contribution >= 0.6 is 0 Å². The van der Waals surface area contributed by atoms with Gasteiger partial charge in [-0.25, -0.2) is 0 Å². The minimum absolute atomic E-state index is 0.0719. The lowest BCUT2D eigenvalue weighted by molar-refractivity contribution is -0.0803. The molecule has 0 spiro atoms. The van der Waals surface area contributed by atoms with E-state index in [2.05, 4.69) is 31.2 Å². The number of hydrogen-bond acceptors (Lipinski definition) is 1. The van der Waals surface area contributed by atoms with Crippen molar-refractivity contribution in [3.63, 3.8) is 0 Å². The third-order valence-corrected chi connectivity index (χ3v) is 6.29. The highest BCUT2D eigenvalue weighted by atomic mass is 19.4. The Kier molecular flexibility index (Phi) is 7.02. The van der Waals surface area contributed by atoms with E-state index in [-0.39, 0.29) is 5.92 Å². The van der Waals surface area contributed by atoms with Gasteiger partial charge in [-0.05, 0) is 87.2 Å². The van der Waals surface area contributed by atoms with E-state index < -0.39 is 6.18 Å². The summed E-state index contributed by atoms with van der Waals surface area (Å²) in [5.74, 6) is 1.20. The lowest BCUT2D eigenvalue weighted by Crippen LogP contribution is -2.20. The van der Waals surface area contributed by atoms with Gasteiger partial charge in [0.05, 0.1) is 6.10 Å². The average Bonchev–Trinajstić information content (AvgIpc) is 2.67. The van der Waals surface area contributed by atoms with Gasteiger partial charge in [-0.3, -0.25) is 0 Å². The van der Waals surface area contributed by atoms with E-state index in [0.29, 0.717) is 24.0 Å². The van der Waals surface area contributed by atoms with Gasteiger partial charge in [0.25, 0.3) is 0 Å². The fourth-order valence-corrected chi connectivity index (χ4v) is 4.73. The Morgan fingerprint density at radius 3 is 1.78 bits per heavy atom. The van der Waals surface area contributed by atoms with Crippen molar-refractivity contribution in [3.8, 4) is 0 Å². The first-order valence-electron chi connectivity index (χ1n) is 10.4. The van der Waals surface area contributed by atoms with Crippen LogP contribution in [0, 0.1) is 5.92 Å². The molecule has 0 amide bonds. The normalized spacial score (nSPS) is 29.9. The van der Waals surface area contributed by atoms with Crippen LogP contribution in [-0.4, -0.2) is 18.9 Å². The number of allylic oxidation sites excluding steroid dienone is 2. The first-order chi connectivity index (χ1) is 12.9. The van der Waals surface area contributed by atoms with E-state index in [9.17, 15) is 13.2 Å². The molecule has 0 radical (unpaired) electrons. The van der Waals surface area contributed by atoms with Gasteiger partial charge in [0.1, 0.15) is 0 Å². The standard InChI is InChI=1S/C23H31F3O/c1-2-27-22-13-11-21(12-14-22)20-9-7-19(8-10-20)18-5-3-17(4-6-18)15-16-23(24,25)26/h7-10,15-18,21-22H,2-6,11-14H2,1H3/b16-15+/t17-,18-,21-,22-. The molecule has 150 valence electrons. The Bertz CT molecular complexity index is 589. The molecule has 2 aliphatic carbocycles. The van der Waals surface area contributed by atoms with Gasteiger partial charge in [0.15, 0.2) is 0 Å². The maximum atomic E-state index is 12.3. The van der Waals surface area contributed by atoms with Crippen LogP contribution in [0.25, 0.3) is 0 Å². The number of alkyl halides is 3. The largest absolute Gasteiger partial charge is 0.409 e. The molecule has 2 fully saturated rings. The summed E-state index contributed by atoms with van der Waals surface area (Å²) >= 11 is 0. The maximum Gasteiger partial charge on any atom is 0.409 e. The van der Waals surface area contributed by atoms with Gasteiger partial charge in [-0.1, -0.05) is 30.3 Å². The van der Waals surface area contributed by atoms with Crippen LogP contribution in [0.2, 0.25) is 0 Å². The second-order valence-electron chi connectivity index (χ2n) is 8.11. The number of hydrogen-bond donors (Lipinski definition) is 0. The van der Waals surface area contributed by atoms with Crippen molar-refractivity contribution in [1.29, 1.82) is 0 Å². The van der Waals surface area contributed by atoms with Crippen molar-refractivity contribution < 1.29 is 17.9 Å². The van der Waals surface area contributed by atoms with Crippen molar-refractivity contribution in [2.45, 2.75) is 82.4 Å². The van der Waals surface area contributed by atoms with Gasteiger partial charge in [0.2, 0.25) is 0 Å². The molecule has 1 aromatic carbocycles. The Morgan fingerprint density at radius 2 is 1.33 bits per heavy atom. The fraction of sp³-hybridized carbons (Fsp3) is 0.652. The topological polar surface area (TPSA) is 9.23 Å². The molecule has 0 aromatic heterocycles. The summed E-state index contributed by atoms with van der Waals surface area (Å²) in [5, 5.41) is 0. The van der Waals surface area contributed by atoms with Crippen LogP contribution in [0.15, 0.2) is 36.4 Å². The SMILES string of the molecule is CCO[C@H]1CC[C@H](c2ccc([C@H]3CC[C@H](/C=C/C(F)(F)F)CC3)cc2)CC1. The van der Waals surface area contributed by atoms with Crippen molar-refractivity contribution in [1.82, 2.24) is 0 Å². The monoisotopic (exact) mass is 380 g/mol. The highest BCUT2D eigenvalue weighted by molar-refractivity contribution is 5.28. The molecule has 0 bridgehead atoms. The van der Waals surface area contributed by atoms with Crippen molar-refractivity contribution in [3.05, 3.63) is 47.5 Å².